The van der Waals surface area contributed by atoms with Crippen LogP contribution in [0.3, 0.4) is 0 Å². The van der Waals surface area contributed by atoms with E-state index in [-0.39, 0.29) is 23.4 Å². The van der Waals surface area contributed by atoms with E-state index in [0.717, 1.165) is 19.3 Å². The van der Waals surface area contributed by atoms with Crippen molar-refractivity contribution in [2.75, 3.05) is 0 Å². The molecule has 1 amide bonds. The quantitative estimate of drug-likeness (QED) is 0.822. The lowest BCUT2D eigenvalue weighted by molar-refractivity contribution is -0.0501. The molecule has 4 nitrogen and oxygen atoms in total. The van der Waals surface area contributed by atoms with E-state index in [1.165, 1.54) is 18.2 Å². The van der Waals surface area contributed by atoms with Gasteiger partial charge in [0.15, 0.2) is 0 Å². The van der Waals surface area contributed by atoms with Crippen molar-refractivity contribution in [1.82, 2.24) is 10.2 Å². The van der Waals surface area contributed by atoms with Crippen LogP contribution in [0.15, 0.2) is 24.3 Å². The molecule has 0 radical (unpaired) electrons. The van der Waals surface area contributed by atoms with Gasteiger partial charge in [0, 0.05) is 12.1 Å². The Morgan fingerprint density at radius 1 is 1.30 bits per heavy atom. The van der Waals surface area contributed by atoms with E-state index in [2.05, 4.69) is 14.9 Å². The number of carbonyl (C=O) groups excluding carboxylic acids is 1. The van der Waals surface area contributed by atoms with Crippen LogP contribution in [0.5, 0.6) is 5.75 Å². The van der Waals surface area contributed by atoms with Gasteiger partial charge in [0.05, 0.1) is 5.56 Å². The molecule has 2 rings (SSSR count). The van der Waals surface area contributed by atoms with E-state index in [9.17, 15) is 13.6 Å². The number of rotatable bonds is 5. The molecule has 1 aliphatic rings. The van der Waals surface area contributed by atoms with E-state index in [4.69, 9.17) is 11.8 Å². The van der Waals surface area contributed by atoms with Gasteiger partial charge in [-0.05, 0) is 43.2 Å². The minimum absolute atomic E-state index is 0.0104. The van der Waals surface area contributed by atoms with Gasteiger partial charge in [-0.25, -0.2) is 4.84 Å². The van der Waals surface area contributed by atoms with Gasteiger partial charge in [-0.2, -0.15) is 8.78 Å². The lowest BCUT2D eigenvalue weighted by Crippen LogP contribution is -2.44. The fraction of sp³-hybridized carbons (Fsp3) is 0.462. The number of carbonyl (C=O) groups is 1. The molecule has 2 N–H and O–H groups in total. The Hall–Kier alpha value is -1.40. The van der Waals surface area contributed by atoms with Gasteiger partial charge in [-0.15, -0.1) is 0 Å². The van der Waals surface area contributed by atoms with Crippen LogP contribution >= 0.6 is 11.8 Å². The van der Waals surface area contributed by atoms with Crippen molar-refractivity contribution in [1.29, 1.82) is 0 Å². The second kappa shape index (κ2) is 6.85. The maximum absolute atomic E-state index is 12.3. The molecule has 1 aromatic rings. The number of halogens is 3. The van der Waals surface area contributed by atoms with Crippen LogP contribution in [0.25, 0.3) is 0 Å². The summed E-state index contributed by atoms with van der Waals surface area (Å²) in [6.45, 7) is -2.97. The summed E-state index contributed by atoms with van der Waals surface area (Å²) >= 11 is 5.61. The molecule has 7 heteroatoms. The van der Waals surface area contributed by atoms with Gasteiger partial charge < -0.3 is 10.1 Å². The first-order chi connectivity index (χ1) is 9.61. The molecule has 20 heavy (non-hydrogen) atoms. The normalized spacial score (nSPS) is 22.0. The zero-order chi connectivity index (χ0) is 14.5. The van der Waals surface area contributed by atoms with Crippen LogP contribution in [0, 0.1) is 0 Å². The number of nitrogens with one attached hydrogen (secondary N) is 2. The molecule has 0 unspecified atom stereocenters. The van der Waals surface area contributed by atoms with Crippen molar-refractivity contribution in [2.24, 2.45) is 0 Å². The SMILES string of the molecule is O=C(N[C@H]1CCC[C@@H]1NCl)c1ccccc1OC(F)F. The summed E-state index contributed by atoms with van der Waals surface area (Å²) in [4.78, 5) is 14.8. The van der Waals surface area contributed by atoms with Gasteiger partial charge in [-0.1, -0.05) is 12.1 Å². The summed E-state index contributed by atoms with van der Waals surface area (Å²) in [7, 11) is 0. The third-order valence-electron chi connectivity index (χ3n) is 3.32. The number of hydrogen-bond acceptors (Lipinski definition) is 3. The standard InChI is InChI=1S/C13H15ClF2N2O2/c14-18-10-6-3-5-9(10)17-12(19)8-4-1-2-7-11(8)20-13(15)16/h1-2,4,7,9-10,13,18H,3,5-6H2,(H,17,19)/t9-,10-/m0/s1. The highest BCUT2D eigenvalue weighted by atomic mass is 35.5. The molecule has 2 atom stereocenters. The molecule has 110 valence electrons. The van der Waals surface area contributed by atoms with Crippen molar-refractivity contribution < 1.29 is 18.3 Å². The zero-order valence-corrected chi connectivity index (χ0v) is 11.4. The fourth-order valence-corrected chi connectivity index (χ4v) is 2.62. The van der Waals surface area contributed by atoms with Gasteiger partial charge >= 0.3 is 6.61 Å². The van der Waals surface area contributed by atoms with Crippen molar-refractivity contribution in [2.45, 2.75) is 38.0 Å². The van der Waals surface area contributed by atoms with Gasteiger partial charge in [-0.3, -0.25) is 4.79 Å². The minimum Gasteiger partial charge on any atom is -0.434 e. The maximum atomic E-state index is 12.3. The number of hydrogen-bond donors (Lipinski definition) is 2. The number of para-hydroxylation sites is 1. The Morgan fingerprint density at radius 3 is 2.70 bits per heavy atom. The lowest BCUT2D eigenvalue weighted by Gasteiger charge is -2.20. The Labute approximate surface area is 120 Å². The van der Waals surface area contributed by atoms with Crippen LogP contribution in [-0.4, -0.2) is 24.6 Å². The summed E-state index contributed by atoms with van der Waals surface area (Å²) in [5, 5.41) is 2.80. The van der Waals surface area contributed by atoms with Gasteiger partial charge in [0.25, 0.3) is 5.91 Å². The average Bonchev–Trinajstić information content (AvgIpc) is 2.85. The van der Waals surface area contributed by atoms with Crippen molar-refractivity contribution >= 4 is 17.7 Å². The van der Waals surface area contributed by atoms with Crippen molar-refractivity contribution in [3.8, 4) is 5.75 Å². The van der Waals surface area contributed by atoms with Crippen LogP contribution in [0.4, 0.5) is 8.78 Å². The fourth-order valence-electron chi connectivity index (χ4n) is 2.36. The van der Waals surface area contributed by atoms with E-state index in [0.29, 0.717) is 0 Å². The molecule has 1 aliphatic carbocycles. The lowest BCUT2D eigenvalue weighted by atomic mass is 10.1. The number of amides is 1. The Kier molecular flexibility index (Phi) is 5.14. The Balaban J connectivity index is 2.09. The highest BCUT2D eigenvalue weighted by molar-refractivity contribution is 6.13. The monoisotopic (exact) mass is 304 g/mol. The summed E-state index contributed by atoms with van der Waals surface area (Å²) in [5.41, 5.74) is 0.0908. The molecule has 0 spiro atoms. The molecule has 0 aliphatic heterocycles. The third kappa shape index (κ3) is 3.58. The minimum atomic E-state index is -2.97. The van der Waals surface area contributed by atoms with Gasteiger partial charge in [0.2, 0.25) is 0 Å². The Morgan fingerprint density at radius 2 is 2.00 bits per heavy atom. The number of benzene rings is 1. The number of ether oxygens (including phenoxy) is 1. The van der Waals surface area contributed by atoms with E-state index >= 15 is 0 Å². The second-order valence-electron chi connectivity index (χ2n) is 4.60. The Bertz CT molecular complexity index is 473. The molecule has 0 bridgehead atoms. The first-order valence-electron chi connectivity index (χ1n) is 6.32. The molecule has 0 heterocycles. The molecule has 0 saturated heterocycles. The van der Waals surface area contributed by atoms with E-state index in [1.54, 1.807) is 6.07 Å². The highest BCUT2D eigenvalue weighted by Gasteiger charge is 2.29. The molecule has 1 fully saturated rings. The predicted molar refractivity (Wildman–Crippen MR) is 71.0 cm³/mol. The maximum Gasteiger partial charge on any atom is 0.387 e. The molecular formula is C13H15ClF2N2O2. The van der Waals surface area contributed by atoms with Crippen LogP contribution < -0.4 is 14.9 Å². The molecule has 1 saturated carbocycles. The van der Waals surface area contributed by atoms with Gasteiger partial charge in [0.1, 0.15) is 5.75 Å². The first-order valence-corrected chi connectivity index (χ1v) is 6.70. The summed E-state index contributed by atoms with van der Waals surface area (Å²) < 4.78 is 29.0. The number of alkyl halides is 2. The summed E-state index contributed by atoms with van der Waals surface area (Å²) in [5.74, 6) is -0.571. The highest BCUT2D eigenvalue weighted by Crippen LogP contribution is 2.23. The molecule has 1 aromatic carbocycles. The topological polar surface area (TPSA) is 50.4 Å². The smallest absolute Gasteiger partial charge is 0.387 e. The molecule has 0 aromatic heterocycles. The average molecular weight is 305 g/mol. The van der Waals surface area contributed by atoms with E-state index < -0.39 is 12.5 Å². The predicted octanol–water partition coefficient (Wildman–Crippen LogP) is 2.68. The first kappa shape index (κ1) is 15.0. The second-order valence-corrected chi connectivity index (χ2v) is 4.82. The summed E-state index contributed by atoms with van der Waals surface area (Å²) in [6.07, 6.45) is 2.61. The third-order valence-corrected chi connectivity index (χ3v) is 3.60. The molecular weight excluding hydrogens is 290 g/mol. The van der Waals surface area contributed by atoms with Crippen molar-refractivity contribution in [3.63, 3.8) is 0 Å². The van der Waals surface area contributed by atoms with E-state index in [1.807, 2.05) is 0 Å². The summed E-state index contributed by atoms with van der Waals surface area (Å²) in [6, 6.07) is 5.80. The van der Waals surface area contributed by atoms with Crippen LogP contribution in [-0.2, 0) is 0 Å². The zero-order valence-electron chi connectivity index (χ0n) is 10.6. The van der Waals surface area contributed by atoms with Crippen LogP contribution in [0.1, 0.15) is 29.6 Å². The largest absolute Gasteiger partial charge is 0.434 e. The van der Waals surface area contributed by atoms with Crippen molar-refractivity contribution in [3.05, 3.63) is 29.8 Å². The van der Waals surface area contributed by atoms with Crippen LogP contribution in [0.2, 0.25) is 0 Å².